The standard InChI is InChI=1S/C28H28F3N3O3/c1-2-3-15-36-25-22(35)14-16-37-26(25)27-33-17-23(28(29,30)31)34(27)18-21(32)24(19-10-6-4-7-11-19)20-12-8-5-9-13-20/h4-14,16-17,21,24H,2-3,15,18,32H2,1H3/t21-/m1/s1. The maximum absolute atomic E-state index is 14.1. The van der Waals surface area contributed by atoms with Gasteiger partial charge in [-0.3, -0.25) is 4.79 Å². The third kappa shape index (κ3) is 5.94. The minimum Gasteiger partial charge on any atom is -0.486 e. The summed E-state index contributed by atoms with van der Waals surface area (Å²) in [6.45, 7) is 1.93. The summed E-state index contributed by atoms with van der Waals surface area (Å²) in [5.74, 6) is -0.913. The molecule has 0 aliphatic carbocycles. The number of nitrogens with zero attached hydrogens (tertiary/aromatic N) is 2. The number of aromatic nitrogens is 2. The molecule has 0 spiro atoms. The van der Waals surface area contributed by atoms with E-state index in [0.717, 1.165) is 40.6 Å². The molecule has 2 heterocycles. The predicted molar refractivity (Wildman–Crippen MR) is 134 cm³/mol. The van der Waals surface area contributed by atoms with E-state index < -0.39 is 29.3 Å². The van der Waals surface area contributed by atoms with Crippen LogP contribution in [-0.2, 0) is 12.7 Å². The van der Waals surface area contributed by atoms with Crippen LogP contribution in [0.25, 0.3) is 11.6 Å². The SMILES string of the molecule is CCCCOc1c(-c2ncc(C(F)(F)F)n2C[C@@H](N)C(c2ccccc2)c2ccccc2)occc1=O. The van der Waals surface area contributed by atoms with E-state index in [9.17, 15) is 18.0 Å². The Bertz CT molecular complexity index is 1310. The van der Waals surface area contributed by atoms with Gasteiger partial charge in [0.25, 0.3) is 0 Å². The summed E-state index contributed by atoms with van der Waals surface area (Å²) >= 11 is 0. The molecule has 0 radical (unpaired) electrons. The zero-order chi connectivity index (χ0) is 26.4. The van der Waals surface area contributed by atoms with Crippen LogP contribution in [0.1, 0.15) is 42.5 Å². The first-order valence-corrected chi connectivity index (χ1v) is 12.0. The fourth-order valence-corrected chi connectivity index (χ4v) is 4.31. The van der Waals surface area contributed by atoms with E-state index in [-0.39, 0.29) is 30.5 Å². The molecule has 9 heteroatoms. The lowest BCUT2D eigenvalue weighted by Gasteiger charge is -2.27. The van der Waals surface area contributed by atoms with Gasteiger partial charge >= 0.3 is 6.18 Å². The second-order valence-corrected chi connectivity index (χ2v) is 8.68. The van der Waals surface area contributed by atoms with Crippen molar-refractivity contribution in [2.24, 2.45) is 5.73 Å². The number of benzene rings is 2. The topological polar surface area (TPSA) is 83.3 Å². The van der Waals surface area contributed by atoms with Crippen LogP contribution in [-0.4, -0.2) is 22.2 Å². The van der Waals surface area contributed by atoms with Crippen molar-refractivity contribution < 1.29 is 22.3 Å². The summed E-state index contributed by atoms with van der Waals surface area (Å²) in [4.78, 5) is 16.6. The number of unbranched alkanes of at least 4 members (excludes halogenated alkanes) is 1. The molecule has 0 aliphatic heterocycles. The van der Waals surface area contributed by atoms with E-state index in [1.807, 2.05) is 67.6 Å². The average Bonchev–Trinajstić information content (AvgIpc) is 3.30. The normalized spacial score (nSPS) is 12.6. The van der Waals surface area contributed by atoms with Gasteiger partial charge in [-0.1, -0.05) is 74.0 Å². The summed E-state index contributed by atoms with van der Waals surface area (Å²) in [5, 5.41) is 0. The second-order valence-electron chi connectivity index (χ2n) is 8.68. The molecule has 0 saturated heterocycles. The van der Waals surface area contributed by atoms with Crippen molar-refractivity contribution >= 4 is 0 Å². The highest BCUT2D eigenvalue weighted by Crippen LogP contribution is 2.36. The van der Waals surface area contributed by atoms with Gasteiger partial charge in [-0.15, -0.1) is 0 Å². The Kier molecular flexibility index (Phi) is 8.13. The first-order valence-electron chi connectivity index (χ1n) is 12.0. The first kappa shape index (κ1) is 26.2. The molecule has 1 atom stereocenters. The first-order chi connectivity index (χ1) is 17.8. The average molecular weight is 512 g/mol. The van der Waals surface area contributed by atoms with Gasteiger partial charge in [0, 0.05) is 24.6 Å². The molecule has 2 aromatic heterocycles. The van der Waals surface area contributed by atoms with Gasteiger partial charge in [-0.05, 0) is 17.5 Å². The zero-order valence-corrected chi connectivity index (χ0v) is 20.3. The quantitative estimate of drug-likeness (QED) is 0.270. The van der Waals surface area contributed by atoms with Crippen LogP contribution in [0.15, 0.2) is 88.4 Å². The van der Waals surface area contributed by atoms with Gasteiger partial charge in [0.05, 0.1) is 19.1 Å². The highest BCUT2D eigenvalue weighted by atomic mass is 19.4. The molecule has 194 valence electrons. The third-order valence-corrected chi connectivity index (χ3v) is 6.07. The van der Waals surface area contributed by atoms with E-state index in [1.165, 1.54) is 0 Å². The van der Waals surface area contributed by atoms with E-state index in [4.69, 9.17) is 14.9 Å². The Morgan fingerprint density at radius 1 is 1.03 bits per heavy atom. The van der Waals surface area contributed by atoms with Crippen molar-refractivity contribution in [3.63, 3.8) is 0 Å². The van der Waals surface area contributed by atoms with Crippen LogP contribution < -0.4 is 15.9 Å². The highest BCUT2D eigenvalue weighted by molar-refractivity contribution is 5.57. The fraction of sp³-hybridized carbons (Fsp3) is 0.286. The van der Waals surface area contributed by atoms with Gasteiger partial charge in [0.1, 0.15) is 5.69 Å². The molecule has 2 N–H and O–H groups in total. The van der Waals surface area contributed by atoms with Crippen LogP contribution in [0.4, 0.5) is 13.2 Å². The zero-order valence-electron chi connectivity index (χ0n) is 20.3. The van der Waals surface area contributed by atoms with E-state index in [1.54, 1.807) is 0 Å². The molecular weight excluding hydrogens is 483 g/mol. The molecule has 0 bridgehead atoms. The van der Waals surface area contributed by atoms with Crippen LogP contribution >= 0.6 is 0 Å². The minimum absolute atomic E-state index is 0.165. The maximum Gasteiger partial charge on any atom is 0.433 e. The highest BCUT2D eigenvalue weighted by Gasteiger charge is 2.38. The fourth-order valence-electron chi connectivity index (χ4n) is 4.31. The molecule has 2 aromatic carbocycles. The second kappa shape index (κ2) is 11.5. The molecule has 0 amide bonds. The lowest BCUT2D eigenvalue weighted by molar-refractivity contribution is -0.143. The van der Waals surface area contributed by atoms with Crippen LogP contribution in [0.3, 0.4) is 0 Å². The van der Waals surface area contributed by atoms with Crippen molar-refractivity contribution in [2.75, 3.05) is 6.61 Å². The van der Waals surface area contributed by atoms with Crippen molar-refractivity contribution in [3.05, 3.63) is 106 Å². The maximum atomic E-state index is 14.1. The largest absolute Gasteiger partial charge is 0.486 e. The molecule has 0 aliphatic rings. The van der Waals surface area contributed by atoms with Gasteiger partial charge in [-0.2, -0.15) is 13.2 Å². The lowest BCUT2D eigenvalue weighted by Crippen LogP contribution is -2.35. The molecule has 0 fully saturated rings. The number of imidazole rings is 1. The number of hydrogen-bond acceptors (Lipinski definition) is 5. The molecule has 6 nitrogen and oxygen atoms in total. The summed E-state index contributed by atoms with van der Waals surface area (Å²) in [6, 6.07) is 19.1. The van der Waals surface area contributed by atoms with Crippen molar-refractivity contribution in [3.8, 4) is 17.3 Å². The van der Waals surface area contributed by atoms with E-state index >= 15 is 0 Å². The number of alkyl halides is 3. The molecule has 0 unspecified atom stereocenters. The van der Waals surface area contributed by atoms with Crippen molar-refractivity contribution in [1.29, 1.82) is 0 Å². The van der Waals surface area contributed by atoms with Crippen LogP contribution in [0, 0.1) is 0 Å². The van der Waals surface area contributed by atoms with E-state index in [0.29, 0.717) is 6.42 Å². The third-order valence-electron chi connectivity index (χ3n) is 6.07. The van der Waals surface area contributed by atoms with E-state index in [2.05, 4.69) is 4.98 Å². The summed E-state index contributed by atoms with van der Waals surface area (Å²) in [6.07, 6.45) is -1.39. The van der Waals surface area contributed by atoms with Crippen molar-refractivity contribution in [1.82, 2.24) is 9.55 Å². The van der Waals surface area contributed by atoms with Gasteiger partial charge in [0.15, 0.2) is 5.82 Å². The lowest BCUT2D eigenvalue weighted by atomic mass is 9.85. The Hall–Kier alpha value is -3.85. The summed E-state index contributed by atoms with van der Waals surface area (Å²) < 4.78 is 54.3. The molecule has 37 heavy (non-hydrogen) atoms. The Morgan fingerprint density at radius 2 is 1.65 bits per heavy atom. The Morgan fingerprint density at radius 3 is 2.22 bits per heavy atom. The molecule has 0 saturated carbocycles. The molecular formula is C28H28F3N3O3. The smallest absolute Gasteiger partial charge is 0.433 e. The molecule has 4 rings (SSSR count). The van der Waals surface area contributed by atoms with Gasteiger partial charge < -0.3 is 19.5 Å². The van der Waals surface area contributed by atoms with Crippen LogP contribution in [0.5, 0.6) is 5.75 Å². The Balaban J connectivity index is 1.80. The minimum atomic E-state index is -4.71. The van der Waals surface area contributed by atoms with Crippen molar-refractivity contribution in [2.45, 2.75) is 44.4 Å². The number of hydrogen-bond donors (Lipinski definition) is 1. The summed E-state index contributed by atoms with van der Waals surface area (Å²) in [7, 11) is 0. The number of ether oxygens (including phenoxy) is 1. The monoisotopic (exact) mass is 511 g/mol. The molecule has 4 aromatic rings. The Labute approximate surface area is 212 Å². The predicted octanol–water partition coefficient (Wildman–Crippen LogP) is 5.86. The summed E-state index contributed by atoms with van der Waals surface area (Å²) in [5.41, 5.74) is 6.89. The van der Waals surface area contributed by atoms with Gasteiger partial charge in [0.2, 0.25) is 16.9 Å². The number of halogens is 3. The van der Waals surface area contributed by atoms with Crippen LogP contribution in [0.2, 0.25) is 0 Å². The number of nitrogens with two attached hydrogens (primary N) is 1. The number of rotatable bonds is 10. The van der Waals surface area contributed by atoms with Gasteiger partial charge in [-0.25, -0.2) is 4.98 Å².